The number of carboxylic acid groups (broad SMARTS) is 1. The highest BCUT2D eigenvalue weighted by Crippen LogP contribution is 2.03. The zero-order chi connectivity index (χ0) is 11.8. The highest BCUT2D eigenvalue weighted by Gasteiger charge is 2.16. The van der Waals surface area contributed by atoms with Gasteiger partial charge < -0.3 is 15.2 Å². The van der Waals surface area contributed by atoms with E-state index in [2.05, 4.69) is 16.8 Å². The van der Waals surface area contributed by atoms with Crippen molar-refractivity contribution in [3.63, 3.8) is 0 Å². The van der Waals surface area contributed by atoms with Crippen molar-refractivity contribution in [1.82, 2.24) is 10.2 Å². The van der Waals surface area contributed by atoms with Crippen LogP contribution in [0.2, 0.25) is 0 Å². The minimum Gasteiger partial charge on any atom is -0.480 e. The lowest BCUT2D eigenvalue weighted by Crippen LogP contribution is -2.38. The van der Waals surface area contributed by atoms with Crippen LogP contribution in [0.4, 0.5) is 0 Å². The Labute approximate surface area is 96.1 Å². The molecule has 0 radical (unpaired) electrons. The quantitative estimate of drug-likeness (QED) is 0.655. The van der Waals surface area contributed by atoms with Gasteiger partial charge in [-0.05, 0) is 25.6 Å². The van der Waals surface area contributed by atoms with E-state index in [1.807, 2.05) is 0 Å². The van der Waals surface area contributed by atoms with Gasteiger partial charge in [0.15, 0.2) is 0 Å². The molecule has 0 aromatic heterocycles. The molecule has 1 heterocycles. The van der Waals surface area contributed by atoms with Gasteiger partial charge in [0.2, 0.25) is 0 Å². The van der Waals surface area contributed by atoms with Gasteiger partial charge in [0.1, 0.15) is 6.04 Å². The van der Waals surface area contributed by atoms with Gasteiger partial charge in [0.25, 0.3) is 0 Å². The van der Waals surface area contributed by atoms with Gasteiger partial charge in [0.05, 0.1) is 13.2 Å². The molecule has 1 rings (SSSR count). The van der Waals surface area contributed by atoms with Crippen LogP contribution in [0.25, 0.3) is 0 Å². The van der Waals surface area contributed by atoms with Crippen molar-refractivity contribution in [3.05, 3.63) is 12.8 Å². The Bertz CT molecular complexity index is 227. The SMILES string of the molecule is C=CN[C@@H](CCCN1CCOCC1)C(=O)O. The number of aliphatic carboxylic acids is 1. The van der Waals surface area contributed by atoms with Gasteiger partial charge in [-0.15, -0.1) is 0 Å². The van der Waals surface area contributed by atoms with Crippen LogP contribution < -0.4 is 5.32 Å². The lowest BCUT2D eigenvalue weighted by molar-refractivity contribution is -0.139. The summed E-state index contributed by atoms with van der Waals surface area (Å²) in [5, 5.41) is 11.6. The maximum atomic E-state index is 10.8. The third-order valence-electron chi connectivity index (χ3n) is 2.69. The van der Waals surface area contributed by atoms with E-state index in [4.69, 9.17) is 9.84 Å². The summed E-state index contributed by atoms with van der Waals surface area (Å²) >= 11 is 0. The molecular formula is C11H20N2O3. The number of carboxylic acids is 1. The van der Waals surface area contributed by atoms with Gasteiger partial charge in [0, 0.05) is 13.1 Å². The van der Waals surface area contributed by atoms with E-state index in [9.17, 15) is 4.79 Å². The fourth-order valence-corrected chi connectivity index (χ4v) is 1.76. The monoisotopic (exact) mass is 228 g/mol. The number of nitrogens with one attached hydrogen (secondary N) is 1. The van der Waals surface area contributed by atoms with Crippen molar-refractivity contribution in [2.45, 2.75) is 18.9 Å². The van der Waals surface area contributed by atoms with Crippen LogP contribution >= 0.6 is 0 Å². The Kier molecular flexibility index (Phi) is 5.88. The molecule has 0 amide bonds. The Hall–Kier alpha value is -1.07. The maximum absolute atomic E-state index is 10.8. The van der Waals surface area contributed by atoms with Crippen LogP contribution in [0.3, 0.4) is 0 Å². The smallest absolute Gasteiger partial charge is 0.326 e. The highest BCUT2D eigenvalue weighted by atomic mass is 16.5. The first kappa shape index (κ1) is 13.0. The average Bonchev–Trinajstić information content (AvgIpc) is 2.29. The van der Waals surface area contributed by atoms with E-state index >= 15 is 0 Å². The summed E-state index contributed by atoms with van der Waals surface area (Å²) in [6.07, 6.45) is 2.93. The van der Waals surface area contributed by atoms with Crippen molar-refractivity contribution < 1.29 is 14.6 Å². The maximum Gasteiger partial charge on any atom is 0.326 e. The van der Waals surface area contributed by atoms with Crippen LogP contribution in [-0.2, 0) is 9.53 Å². The molecule has 1 aliphatic heterocycles. The zero-order valence-corrected chi connectivity index (χ0v) is 9.52. The van der Waals surface area contributed by atoms with Crippen LogP contribution in [-0.4, -0.2) is 54.9 Å². The van der Waals surface area contributed by atoms with Crippen molar-refractivity contribution >= 4 is 5.97 Å². The lowest BCUT2D eigenvalue weighted by atomic mass is 10.1. The third kappa shape index (κ3) is 4.63. The number of rotatable bonds is 7. The molecule has 92 valence electrons. The Balaban J connectivity index is 2.16. The molecule has 0 aromatic rings. The van der Waals surface area contributed by atoms with Gasteiger partial charge >= 0.3 is 5.97 Å². The molecule has 0 aromatic carbocycles. The highest BCUT2D eigenvalue weighted by molar-refractivity contribution is 5.73. The number of hydrogen-bond donors (Lipinski definition) is 2. The molecule has 2 N–H and O–H groups in total. The van der Waals surface area contributed by atoms with Crippen molar-refractivity contribution in [2.24, 2.45) is 0 Å². The van der Waals surface area contributed by atoms with E-state index < -0.39 is 12.0 Å². The standard InChI is InChI=1S/C11H20N2O3/c1-2-12-10(11(14)15)4-3-5-13-6-8-16-9-7-13/h2,10,12H,1,3-9H2,(H,14,15)/t10-/m0/s1. The van der Waals surface area contributed by atoms with Crippen molar-refractivity contribution in [2.75, 3.05) is 32.8 Å². The summed E-state index contributed by atoms with van der Waals surface area (Å²) in [6, 6.07) is -0.515. The number of carbonyl (C=O) groups is 1. The predicted octanol–water partition coefficient (Wildman–Crippen LogP) is 0.285. The van der Waals surface area contributed by atoms with E-state index in [1.54, 1.807) is 0 Å². The van der Waals surface area contributed by atoms with Gasteiger partial charge in [-0.1, -0.05) is 6.58 Å². The summed E-state index contributed by atoms with van der Waals surface area (Å²) in [7, 11) is 0. The molecule has 0 unspecified atom stereocenters. The first-order valence-corrected chi connectivity index (χ1v) is 5.64. The lowest BCUT2D eigenvalue weighted by Gasteiger charge is -2.26. The van der Waals surface area contributed by atoms with Crippen LogP contribution in [0.5, 0.6) is 0 Å². The van der Waals surface area contributed by atoms with E-state index in [1.165, 1.54) is 6.20 Å². The molecule has 1 saturated heterocycles. The third-order valence-corrected chi connectivity index (χ3v) is 2.69. The summed E-state index contributed by atoms with van der Waals surface area (Å²) in [5.41, 5.74) is 0. The molecule has 1 aliphatic rings. The Morgan fingerprint density at radius 1 is 1.56 bits per heavy atom. The van der Waals surface area contributed by atoms with Gasteiger partial charge in [-0.3, -0.25) is 4.90 Å². The second kappa shape index (κ2) is 7.24. The second-order valence-electron chi connectivity index (χ2n) is 3.86. The number of hydrogen-bond acceptors (Lipinski definition) is 4. The Morgan fingerprint density at radius 3 is 2.81 bits per heavy atom. The molecule has 5 heteroatoms. The summed E-state index contributed by atoms with van der Waals surface area (Å²) < 4.78 is 5.24. The number of ether oxygens (including phenoxy) is 1. The van der Waals surface area contributed by atoms with Crippen LogP contribution in [0.15, 0.2) is 12.8 Å². The zero-order valence-electron chi connectivity index (χ0n) is 9.52. The topological polar surface area (TPSA) is 61.8 Å². The molecular weight excluding hydrogens is 208 g/mol. The van der Waals surface area contributed by atoms with Gasteiger partial charge in [-0.2, -0.15) is 0 Å². The van der Waals surface area contributed by atoms with E-state index in [0.717, 1.165) is 39.3 Å². The summed E-state index contributed by atoms with van der Waals surface area (Å²) in [6.45, 7) is 7.89. The van der Waals surface area contributed by atoms with E-state index in [-0.39, 0.29) is 0 Å². The molecule has 0 saturated carbocycles. The van der Waals surface area contributed by atoms with Crippen molar-refractivity contribution in [1.29, 1.82) is 0 Å². The van der Waals surface area contributed by atoms with Gasteiger partial charge in [-0.25, -0.2) is 4.79 Å². The minimum absolute atomic E-state index is 0.515. The first-order valence-electron chi connectivity index (χ1n) is 5.64. The average molecular weight is 228 g/mol. The predicted molar refractivity (Wildman–Crippen MR) is 61.2 cm³/mol. The summed E-state index contributed by atoms with van der Waals surface area (Å²) in [5.74, 6) is -0.818. The molecule has 1 atom stereocenters. The fraction of sp³-hybridized carbons (Fsp3) is 0.727. The molecule has 0 aliphatic carbocycles. The second-order valence-corrected chi connectivity index (χ2v) is 3.86. The van der Waals surface area contributed by atoms with E-state index in [0.29, 0.717) is 6.42 Å². The number of nitrogens with zero attached hydrogens (tertiary/aromatic N) is 1. The van der Waals surface area contributed by atoms with Crippen LogP contribution in [0, 0.1) is 0 Å². The molecule has 0 bridgehead atoms. The fourth-order valence-electron chi connectivity index (χ4n) is 1.76. The molecule has 16 heavy (non-hydrogen) atoms. The largest absolute Gasteiger partial charge is 0.480 e. The Morgan fingerprint density at radius 2 is 2.25 bits per heavy atom. The minimum atomic E-state index is -0.818. The normalized spacial score (nSPS) is 19.0. The number of morpholine rings is 1. The first-order chi connectivity index (χ1) is 7.74. The molecule has 0 spiro atoms. The van der Waals surface area contributed by atoms with Crippen molar-refractivity contribution in [3.8, 4) is 0 Å². The molecule has 5 nitrogen and oxygen atoms in total. The summed E-state index contributed by atoms with van der Waals surface area (Å²) in [4.78, 5) is 13.1. The van der Waals surface area contributed by atoms with Crippen LogP contribution in [0.1, 0.15) is 12.8 Å². The molecule has 1 fully saturated rings.